The van der Waals surface area contributed by atoms with Crippen molar-refractivity contribution in [3.63, 3.8) is 0 Å². The first-order valence-corrected chi connectivity index (χ1v) is 5.76. The van der Waals surface area contributed by atoms with E-state index in [1.807, 2.05) is 6.07 Å². The van der Waals surface area contributed by atoms with E-state index in [4.69, 9.17) is 10.8 Å². The number of aliphatic imine (C=N–C) groups is 2. The van der Waals surface area contributed by atoms with Crippen LogP contribution >= 0.6 is 0 Å². The number of nitrogens with one attached hydrogen (secondary N) is 1. The molecule has 0 fully saturated rings. The fraction of sp³-hybridized carbons (Fsp3) is 0.0769. The lowest BCUT2D eigenvalue weighted by Gasteiger charge is -2.14. The van der Waals surface area contributed by atoms with E-state index in [-0.39, 0.29) is 11.4 Å². The Morgan fingerprint density at radius 3 is 2.75 bits per heavy atom. The number of carboxylic acid groups (broad SMARTS) is 1. The van der Waals surface area contributed by atoms with E-state index in [0.717, 1.165) is 0 Å². The second-order valence-corrected chi connectivity index (χ2v) is 3.85. The van der Waals surface area contributed by atoms with Crippen LogP contribution in [0, 0.1) is 0 Å². The molecule has 102 valence electrons. The third-order valence-electron chi connectivity index (χ3n) is 2.60. The molecule has 4 N–H and O–H groups in total. The zero-order valence-corrected chi connectivity index (χ0v) is 10.7. The smallest absolute Gasteiger partial charge is 0.338 e. The van der Waals surface area contributed by atoms with Gasteiger partial charge in [-0.05, 0) is 12.1 Å². The molecule has 0 unspecified atom stereocenters. The Morgan fingerprint density at radius 2 is 2.25 bits per heavy atom. The molecule has 0 amide bonds. The monoisotopic (exact) mass is 271 g/mol. The molecule has 0 aromatic carbocycles. The normalized spacial score (nSPS) is 17.2. The number of pyridine rings is 1. The van der Waals surface area contributed by atoms with E-state index >= 15 is 0 Å². The predicted molar refractivity (Wildman–Crippen MR) is 76.0 cm³/mol. The summed E-state index contributed by atoms with van der Waals surface area (Å²) < 4.78 is 0. The van der Waals surface area contributed by atoms with Crippen molar-refractivity contribution in [2.75, 3.05) is 7.05 Å². The van der Waals surface area contributed by atoms with Crippen LogP contribution in [0.4, 0.5) is 0 Å². The molecule has 7 nitrogen and oxygen atoms in total. The molecule has 0 radical (unpaired) electrons. The third kappa shape index (κ3) is 2.72. The molecule has 1 aromatic rings. The summed E-state index contributed by atoms with van der Waals surface area (Å²) in [5, 5.41) is 11.7. The van der Waals surface area contributed by atoms with Gasteiger partial charge in [0.15, 0.2) is 0 Å². The van der Waals surface area contributed by atoms with Gasteiger partial charge in [-0.25, -0.2) is 9.79 Å². The molecule has 1 aliphatic heterocycles. The maximum Gasteiger partial charge on any atom is 0.338 e. The molecule has 0 bridgehead atoms. The highest BCUT2D eigenvalue weighted by Crippen LogP contribution is 2.18. The number of carboxylic acids is 1. The second-order valence-electron chi connectivity index (χ2n) is 3.85. The van der Waals surface area contributed by atoms with Crippen molar-refractivity contribution in [2.24, 2.45) is 15.7 Å². The summed E-state index contributed by atoms with van der Waals surface area (Å²) >= 11 is 0. The molecular formula is C13H13N5O2. The van der Waals surface area contributed by atoms with E-state index in [1.165, 1.54) is 12.4 Å². The molecular weight excluding hydrogens is 258 g/mol. The van der Waals surface area contributed by atoms with Gasteiger partial charge in [-0.2, -0.15) is 0 Å². The van der Waals surface area contributed by atoms with Crippen LogP contribution in [0.5, 0.6) is 0 Å². The van der Waals surface area contributed by atoms with Gasteiger partial charge in [-0.1, -0.05) is 6.07 Å². The molecule has 0 saturated heterocycles. The van der Waals surface area contributed by atoms with Crippen molar-refractivity contribution in [1.82, 2.24) is 10.3 Å². The average molecular weight is 271 g/mol. The molecule has 2 rings (SSSR count). The predicted octanol–water partition coefficient (Wildman–Crippen LogP) is 0.380. The molecule has 1 aromatic heterocycles. The first-order chi connectivity index (χ1) is 9.63. The summed E-state index contributed by atoms with van der Waals surface area (Å²) in [6.07, 6.45) is 4.22. The van der Waals surface area contributed by atoms with Crippen LogP contribution in [0.15, 0.2) is 52.0 Å². The van der Waals surface area contributed by atoms with Crippen molar-refractivity contribution >= 4 is 23.6 Å². The molecule has 0 aliphatic carbocycles. The molecule has 1 aliphatic rings. The Morgan fingerprint density at radius 1 is 1.45 bits per heavy atom. The summed E-state index contributed by atoms with van der Waals surface area (Å²) in [5.74, 6) is -0.399. The minimum absolute atomic E-state index is 0.0566. The topological polar surface area (TPSA) is 113 Å². The fourth-order valence-electron chi connectivity index (χ4n) is 1.60. The summed E-state index contributed by atoms with van der Waals surface area (Å²) in [6, 6.07) is 5.37. The van der Waals surface area contributed by atoms with Crippen LogP contribution in [0.1, 0.15) is 5.69 Å². The largest absolute Gasteiger partial charge is 0.478 e. The number of aliphatic carboxylic acids is 1. The summed E-state index contributed by atoms with van der Waals surface area (Å²) in [5.41, 5.74) is 7.05. The molecule has 0 atom stereocenters. The molecule has 2 heterocycles. The molecule has 7 heteroatoms. The Balaban J connectivity index is 2.47. The first kappa shape index (κ1) is 13.5. The summed E-state index contributed by atoms with van der Waals surface area (Å²) in [4.78, 5) is 23.0. The number of nitrogens with zero attached hydrogens (tertiary/aromatic N) is 3. The highest BCUT2D eigenvalue weighted by Gasteiger charge is 2.17. The lowest BCUT2D eigenvalue weighted by molar-refractivity contribution is -0.132. The van der Waals surface area contributed by atoms with Crippen molar-refractivity contribution in [2.45, 2.75) is 0 Å². The minimum atomic E-state index is -1.06. The lowest BCUT2D eigenvalue weighted by Crippen LogP contribution is -2.22. The van der Waals surface area contributed by atoms with Crippen LogP contribution < -0.4 is 11.1 Å². The van der Waals surface area contributed by atoms with Crippen LogP contribution in [0.3, 0.4) is 0 Å². The second kappa shape index (κ2) is 5.79. The Kier molecular flexibility index (Phi) is 3.90. The summed E-state index contributed by atoms with van der Waals surface area (Å²) in [7, 11) is 1.56. The van der Waals surface area contributed by atoms with Gasteiger partial charge in [0.1, 0.15) is 11.7 Å². The van der Waals surface area contributed by atoms with Gasteiger partial charge < -0.3 is 16.2 Å². The van der Waals surface area contributed by atoms with Crippen LogP contribution in [-0.2, 0) is 4.79 Å². The lowest BCUT2D eigenvalue weighted by atomic mass is 10.1. The minimum Gasteiger partial charge on any atom is -0.478 e. The van der Waals surface area contributed by atoms with Crippen LogP contribution in [-0.4, -0.2) is 35.2 Å². The van der Waals surface area contributed by atoms with Crippen molar-refractivity contribution in [3.8, 4) is 0 Å². The van der Waals surface area contributed by atoms with Gasteiger partial charge in [-0.3, -0.25) is 9.98 Å². The molecule has 0 saturated carbocycles. The van der Waals surface area contributed by atoms with Crippen molar-refractivity contribution in [1.29, 1.82) is 0 Å². The quantitative estimate of drug-likeness (QED) is 0.543. The number of nitrogens with two attached hydrogens (primary N) is 1. The van der Waals surface area contributed by atoms with Gasteiger partial charge in [0.2, 0.25) is 0 Å². The van der Waals surface area contributed by atoms with Gasteiger partial charge in [0, 0.05) is 25.7 Å². The SMILES string of the molecule is CN=C(N)/C(=C1/N=CC(C(=O)O)=CN1)c1ccccn1. The average Bonchev–Trinajstić information content (AvgIpc) is 2.49. The maximum atomic E-state index is 10.8. The van der Waals surface area contributed by atoms with E-state index in [9.17, 15) is 4.79 Å². The number of carbonyl (C=O) groups is 1. The van der Waals surface area contributed by atoms with Crippen LogP contribution in [0.2, 0.25) is 0 Å². The maximum absolute atomic E-state index is 10.8. The number of amidine groups is 1. The standard InChI is InChI=1S/C13H13N5O2/c1-15-11(14)10(9-4-2-3-5-16-9)12-17-6-8(7-18-12)13(19)20/h2-7,17H,1H3,(H2,14,15)(H,19,20)/b12-10+. The molecule has 0 spiro atoms. The van der Waals surface area contributed by atoms with E-state index in [0.29, 0.717) is 17.1 Å². The Labute approximate surface area is 115 Å². The van der Waals surface area contributed by atoms with Crippen molar-refractivity contribution < 1.29 is 9.90 Å². The summed E-state index contributed by atoms with van der Waals surface area (Å²) in [6.45, 7) is 0. The van der Waals surface area contributed by atoms with E-state index in [1.54, 1.807) is 25.4 Å². The van der Waals surface area contributed by atoms with Gasteiger partial charge >= 0.3 is 5.97 Å². The number of rotatable bonds is 3. The third-order valence-corrected chi connectivity index (χ3v) is 2.60. The highest BCUT2D eigenvalue weighted by molar-refractivity contribution is 6.22. The van der Waals surface area contributed by atoms with E-state index in [2.05, 4.69) is 20.3 Å². The van der Waals surface area contributed by atoms with Crippen LogP contribution in [0.25, 0.3) is 5.57 Å². The number of hydrogen-bond acceptors (Lipinski definition) is 5. The highest BCUT2D eigenvalue weighted by atomic mass is 16.4. The fourth-order valence-corrected chi connectivity index (χ4v) is 1.60. The zero-order chi connectivity index (χ0) is 14.5. The zero-order valence-electron chi connectivity index (χ0n) is 10.7. The van der Waals surface area contributed by atoms with Gasteiger partial charge in [0.25, 0.3) is 0 Å². The Bertz CT molecular complexity index is 644. The number of hydrogen-bond donors (Lipinski definition) is 3. The Hall–Kier alpha value is -2.96. The molecule has 20 heavy (non-hydrogen) atoms. The van der Waals surface area contributed by atoms with Gasteiger partial charge in [-0.15, -0.1) is 0 Å². The van der Waals surface area contributed by atoms with Crippen molar-refractivity contribution in [3.05, 3.63) is 47.7 Å². The van der Waals surface area contributed by atoms with Gasteiger partial charge in [0.05, 0.1) is 16.8 Å². The number of aromatic nitrogens is 1. The first-order valence-electron chi connectivity index (χ1n) is 5.76. The van der Waals surface area contributed by atoms with E-state index < -0.39 is 5.97 Å².